The van der Waals surface area contributed by atoms with Crippen LogP contribution in [0, 0.1) is 0 Å². The van der Waals surface area contributed by atoms with E-state index in [1.54, 1.807) is 0 Å². The molecule has 0 N–H and O–H groups in total. The molecule has 0 aliphatic rings. The molecule has 0 aromatic heterocycles. The first-order chi connectivity index (χ1) is 10.7. The van der Waals surface area contributed by atoms with Crippen molar-refractivity contribution in [2.75, 3.05) is 0 Å². The van der Waals surface area contributed by atoms with Crippen LogP contribution in [0.5, 0.6) is 0 Å². The standard InChI is InChI=1S/C20H18AsBr/c1-2-21(22,18-12-6-3-7-13-18,19-14-8-4-9-15-19)20-16-10-5-11-17-20/h2-17H,1H2. The van der Waals surface area contributed by atoms with Gasteiger partial charge in [-0.2, -0.15) is 0 Å². The van der Waals surface area contributed by atoms with Crippen molar-refractivity contribution >= 4 is 37.6 Å². The van der Waals surface area contributed by atoms with Crippen LogP contribution in [0.1, 0.15) is 0 Å². The van der Waals surface area contributed by atoms with Gasteiger partial charge < -0.3 is 0 Å². The van der Waals surface area contributed by atoms with Gasteiger partial charge in [-0.3, -0.25) is 0 Å². The Morgan fingerprint density at radius 2 is 0.864 bits per heavy atom. The van der Waals surface area contributed by atoms with Crippen molar-refractivity contribution in [1.29, 1.82) is 0 Å². The van der Waals surface area contributed by atoms with Crippen molar-refractivity contribution in [3.63, 3.8) is 0 Å². The second-order valence-electron chi connectivity index (χ2n) is 5.26. The summed E-state index contributed by atoms with van der Waals surface area (Å²) in [6.45, 7) is 4.27. The normalized spacial score (nSPS) is 13.0. The molecular weight excluding hydrogens is 395 g/mol. The molecule has 22 heavy (non-hydrogen) atoms. The average Bonchev–Trinajstić information content (AvgIpc) is 2.63. The Labute approximate surface area is 139 Å². The summed E-state index contributed by atoms with van der Waals surface area (Å²) in [5.41, 5.74) is 0. The predicted octanol–water partition coefficient (Wildman–Crippen LogP) is 3.73. The Morgan fingerprint density at radius 1 is 0.591 bits per heavy atom. The molecule has 3 aromatic carbocycles. The van der Waals surface area contributed by atoms with Crippen LogP contribution in [0.15, 0.2) is 102 Å². The van der Waals surface area contributed by atoms with Crippen LogP contribution in [0.25, 0.3) is 0 Å². The summed E-state index contributed by atoms with van der Waals surface area (Å²) in [7, 11) is -3.51. The molecule has 3 rings (SSSR count). The van der Waals surface area contributed by atoms with Gasteiger partial charge in [-0.1, -0.05) is 0 Å². The molecule has 0 spiro atoms. The maximum absolute atomic E-state index is 4.28. The van der Waals surface area contributed by atoms with Gasteiger partial charge in [0.1, 0.15) is 0 Å². The third-order valence-electron chi connectivity index (χ3n) is 4.13. The fraction of sp³-hybridized carbons (Fsp3) is 0. The van der Waals surface area contributed by atoms with Crippen LogP contribution in [-0.4, -0.2) is 10.6 Å². The van der Waals surface area contributed by atoms with E-state index >= 15 is 0 Å². The molecule has 0 amide bonds. The van der Waals surface area contributed by atoms with Crippen molar-refractivity contribution in [2.45, 2.75) is 0 Å². The van der Waals surface area contributed by atoms with Gasteiger partial charge in [0, 0.05) is 0 Å². The van der Waals surface area contributed by atoms with E-state index in [0.29, 0.717) is 0 Å². The van der Waals surface area contributed by atoms with Gasteiger partial charge >= 0.3 is 140 Å². The Hall–Kier alpha value is -1.56. The summed E-state index contributed by atoms with van der Waals surface area (Å²) in [5.74, 6) is 0. The van der Waals surface area contributed by atoms with E-state index in [1.807, 2.05) is 0 Å². The van der Waals surface area contributed by atoms with Crippen LogP contribution in [0.2, 0.25) is 0 Å². The molecule has 0 nitrogen and oxygen atoms in total. The molecule has 0 bridgehead atoms. The first kappa shape index (κ1) is 15.3. The fourth-order valence-electron chi connectivity index (χ4n) is 2.92. The van der Waals surface area contributed by atoms with Crippen LogP contribution < -0.4 is 13.1 Å². The van der Waals surface area contributed by atoms with Gasteiger partial charge in [0.25, 0.3) is 0 Å². The molecule has 0 saturated carbocycles. The van der Waals surface area contributed by atoms with Crippen molar-refractivity contribution in [3.8, 4) is 0 Å². The maximum atomic E-state index is 4.28. The third kappa shape index (κ3) is 2.20. The Bertz CT molecular complexity index is 667. The van der Waals surface area contributed by atoms with Gasteiger partial charge in [0.05, 0.1) is 0 Å². The zero-order valence-electron chi connectivity index (χ0n) is 12.3. The molecule has 0 fully saturated rings. The monoisotopic (exact) mass is 412 g/mol. The molecule has 0 heterocycles. The summed E-state index contributed by atoms with van der Waals surface area (Å²) in [6.07, 6.45) is 0. The summed E-state index contributed by atoms with van der Waals surface area (Å²) < 4.78 is 3.94. The first-order valence-electron chi connectivity index (χ1n) is 7.24. The minimum atomic E-state index is -3.51. The Balaban J connectivity index is 2.44. The average molecular weight is 413 g/mol. The van der Waals surface area contributed by atoms with Crippen LogP contribution in [0.3, 0.4) is 0 Å². The molecular formula is C20H18AsBr. The summed E-state index contributed by atoms with van der Waals surface area (Å²) in [5, 5.41) is 0. The fourth-order valence-corrected chi connectivity index (χ4v) is 14.6. The van der Waals surface area contributed by atoms with Crippen molar-refractivity contribution in [1.82, 2.24) is 0 Å². The summed E-state index contributed by atoms with van der Waals surface area (Å²) in [4.78, 5) is 2.17. The number of benzene rings is 3. The molecule has 0 atom stereocenters. The molecule has 3 aromatic rings. The molecule has 0 unspecified atom stereocenters. The van der Waals surface area contributed by atoms with Gasteiger partial charge in [-0.25, -0.2) is 0 Å². The molecule has 0 saturated heterocycles. The van der Waals surface area contributed by atoms with E-state index in [1.165, 1.54) is 13.1 Å². The second-order valence-corrected chi connectivity index (χ2v) is 21.4. The zero-order chi connectivity index (χ0) is 15.5. The van der Waals surface area contributed by atoms with Gasteiger partial charge in [0.15, 0.2) is 0 Å². The predicted molar refractivity (Wildman–Crippen MR) is 103 cm³/mol. The minimum absolute atomic E-state index is 1.31. The SMILES string of the molecule is C=C[As](Br)(c1ccccc1)(c1ccccc1)c1ccccc1. The van der Waals surface area contributed by atoms with Gasteiger partial charge in [0.2, 0.25) is 0 Å². The van der Waals surface area contributed by atoms with Crippen LogP contribution >= 0.6 is 13.9 Å². The van der Waals surface area contributed by atoms with Crippen molar-refractivity contribution < 1.29 is 0 Å². The van der Waals surface area contributed by atoms with E-state index in [9.17, 15) is 0 Å². The van der Waals surface area contributed by atoms with E-state index in [2.05, 4.69) is 116 Å². The van der Waals surface area contributed by atoms with E-state index in [4.69, 9.17) is 0 Å². The molecule has 110 valence electrons. The summed E-state index contributed by atoms with van der Waals surface area (Å²) >= 11 is 4.28. The molecule has 2 heteroatoms. The number of hydrogen-bond donors (Lipinski definition) is 0. The van der Waals surface area contributed by atoms with Gasteiger partial charge in [-0.05, 0) is 0 Å². The Morgan fingerprint density at radius 3 is 1.09 bits per heavy atom. The van der Waals surface area contributed by atoms with Crippen molar-refractivity contribution in [3.05, 3.63) is 102 Å². The topological polar surface area (TPSA) is 0 Å². The van der Waals surface area contributed by atoms with E-state index in [0.717, 1.165) is 0 Å². The number of halogens is 1. The molecule has 0 aliphatic heterocycles. The van der Waals surface area contributed by atoms with Crippen LogP contribution in [0.4, 0.5) is 0 Å². The van der Waals surface area contributed by atoms with Crippen LogP contribution in [-0.2, 0) is 0 Å². The van der Waals surface area contributed by atoms with Crippen molar-refractivity contribution in [2.24, 2.45) is 0 Å². The van der Waals surface area contributed by atoms with E-state index < -0.39 is 10.6 Å². The number of hydrogen-bond acceptors (Lipinski definition) is 0. The molecule has 0 radical (unpaired) electrons. The zero-order valence-corrected chi connectivity index (χ0v) is 15.7. The molecule has 0 aliphatic carbocycles. The Kier molecular flexibility index (Phi) is 4.12. The van der Waals surface area contributed by atoms with Gasteiger partial charge in [-0.15, -0.1) is 0 Å². The second kappa shape index (κ2) is 5.91. The van der Waals surface area contributed by atoms with E-state index in [-0.39, 0.29) is 0 Å². The quantitative estimate of drug-likeness (QED) is 0.572. The first-order valence-corrected chi connectivity index (χ1v) is 15.5. The summed E-state index contributed by atoms with van der Waals surface area (Å²) in [6, 6.07) is 32.1. The number of rotatable bonds is 4. The third-order valence-corrected chi connectivity index (χ3v) is 21.7.